The molecule has 1 aliphatic heterocycles. The van der Waals surface area contributed by atoms with Crippen molar-refractivity contribution in [2.24, 2.45) is 5.92 Å². The highest BCUT2D eigenvalue weighted by atomic mass is 16.5. The van der Waals surface area contributed by atoms with Crippen LogP contribution in [0.4, 0.5) is 0 Å². The highest BCUT2D eigenvalue weighted by Crippen LogP contribution is 2.17. The predicted octanol–water partition coefficient (Wildman–Crippen LogP) is -0.489. The number of rotatable bonds is 3. The van der Waals surface area contributed by atoms with Crippen LogP contribution in [0.5, 0.6) is 0 Å². The molecule has 6 nitrogen and oxygen atoms in total. The zero-order valence-corrected chi connectivity index (χ0v) is 9.94. The SMILES string of the molecule is COCC1CCN(C(=O)C(=O)NCC#N)CC1. The molecule has 0 aromatic carbocycles. The summed E-state index contributed by atoms with van der Waals surface area (Å²) in [6.45, 7) is 1.72. The molecule has 0 aromatic heterocycles. The fourth-order valence-electron chi connectivity index (χ4n) is 1.88. The van der Waals surface area contributed by atoms with Gasteiger partial charge in [-0.3, -0.25) is 9.59 Å². The number of nitrogens with zero attached hydrogens (tertiary/aromatic N) is 2. The molecule has 1 fully saturated rings. The van der Waals surface area contributed by atoms with Crippen LogP contribution in [0, 0.1) is 17.2 Å². The van der Waals surface area contributed by atoms with Crippen molar-refractivity contribution in [1.82, 2.24) is 10.2 Å². The topological polar surface area (TPSA) is 82.4 Å². The lowest BCUT2D eigenvalue weighted by molar-refractivity contribution is -0.146. The van der Waals surface area contributed by atoms with Crippen molar-refractivity contribution in [1.29, 1.82) is 5.26 Å². The van der Waals surface area contributed by atoms with E-state index in [1.54, 1.807) is 13.2 Å². The molecule has 0 spiro atoms. The van der Waals surface area contributed by atoms with E-state index in [-0.39, 0.29) is 6.54 Å². The molecule has 0 saturated carbocycles. The third-order valence-electron chi connectivity index (χ3n) is 2.83. The Labute approximate surface area is 101 Å². The van der Waals surface area contributed by atoms with Gasteiger partial charge in [-0.1, -0.05) is 0 Å². The summed E-state index contributed by atoms with van der Waals surface area (Å²) in [6.07, 6.45) is 1.70. The van der Waals surface area contributed by atoms with Crippen LogP contribution in [0.25, 0.3) is 0 Å². The number of carbonyl (C=O) groups excluding carboxylic acids is 2. The van der Waals surface area contributed by atoms with Gasteiger partial charge in [0.25, 0.3) is 0 Å². The van der Waals surface area contributed by atoms with E-state index in [1.165, 1.54) is 4.90 Å². The number of amides is 2. The van der Waals surface area contributed by atoms with Crippen LogP contribution < -0.4 is 5.32 Å². The van der Waals surface area contributed by atoms with Crippen LogP contribution in [-0.4, -0.2) is 50.1 Å². The Kier molecular flexibility index (Phi) is 5.43. The minimum atomic E-state index is -0.697. The highest BCUT2D eigenvalue weighted by molar-refractivity contribution is 6.35. The van der Waals surface area contributed by atoms with E-state index >= 15 is 0 Å². The third kappa shape index (κ3) is 4.04. The number of hydrogen-bond acceptors (Lipinski definition) is 4. The zero-order valence-electron chi connectivity index (χ0n) is 9.94. The van der Waals surface area contributed by atoms with Gasteiger partial charge >= 0.3 is 11.8 Å². The van der Waals surface area contributed by atoms with Gasteiger partial charge < -0.3 is 15.0 Å². The zero-order chi connectivity index (χ0) is 12.7. The van der Waals surface area contributed by atoms with E-state index in [0.717, 1.165) is 12.8 Å². The molecule has 0 aliphatic carbocycles. The molecule has 6 heteroatoms. The Morgan fingerprint density at radius 2 is 2.12 bits per heavy atom. The molecule has 0 aromatic rings. The van der Waals surface area contributed by atoms with E-state index in [1.807, 2.05) is 0 Å². The number of ether oxygens (including phenoxy) is 1. The van der Waals surface area contributed by atoms with Crippen molar-refractivity contribution in [3.8, 4) is 6.07 Å². The Morgan fingerprint density at radius 3 is 2.65 bits per heavy atom. The van der Waals surface area contributed by atoms with Crippen molar-refractivity contribution in [2.45, 2.75) is 12.8 Å². The summed E-state index contributed by atoms with van der Waals surface area (Å²) in [7, 11) is 1.66. The van der Waals surface area contributed by atoms with Gasteiger partial charge in [0.1, 0.15) is 6.54 Å². The Morgan fingerprint density at radius 1 is 1.47 bits per heavy atom. The average Bonchev–Trinajstić information content (AvgIpc) is 2.36. The van der Waals surface area contributed by atoms with E-state index in [9.17, 15) is 9.59 Å². The normalized spacial score (nSPS) is 16.4. The standard InChI is InChI=1S/C11H17N3O3/c1-17-8-9-2-6-14(7-3-9)11(16)10(15)13-5-4-12/h9H,2-3,5-8H2,1H3,(H,13,15). The fourth-order valence-corrected chi connectivity index (χ4v) is 1.88. The van der Waals surface area contributed by atoms with E-state index in [0.29, 0.717) is 25.6 Å². The van der Waals surface area contributed by atoms with Crippen LogP contribution in [-0.2, 0) is 14.3 Å². The predicted molar refractivity (Wildman–Crippen MR) is 59.8 cm³/mol. The summed E-state index contributed by atoms with van der Waals surface area (Å²) < 4.78 is 5.06. The molecule has 1 aliphatic rings. The van der Waals surface area contributed by atoms with Gasteiger partial charge in [-0.25, -0.2) is 0 Å². The number of methoxy groups -OCH3 is 1. The molecule has 0 atom stereocenters. The number of hydrogen-bond donors (Lipinski definition) is 1. The van der Waals surface area contributed by atoms with Crippen LogP contribution in [0.3, 0.4) is 0 Å². The molecule has 1 N–H and O–H groups in total. The van der Waals surface area contributed by atoms with Crippen molar-refractivity contribution < 1.29 is 14.3 Å². The first-order valence-electron chi connectivity index (χ1n) is 5.62. The lowest BCUT2D eigenvalue weighted by atomic mass is 9.98. The Balaban J connectivity index is 2.35. The quantitative estimate of drug-likeness (QED) is 0.532. The van der Waals surface area contributed by atoms with Gasteiger partial charge in [-0.05, 0) is 18.8 Å². The maximum Gasteiger partial charge on any atom is 0.311 e. The second-order valence-electron chi connectivity index (χ2n) is 4.03. The molecule has 0 radical (unpaired) electrons. The van der Waals surface area contributed by atoms with E-state index in [4.69, 9.17) is 10.00 Å². The first kappa shape index (κ1) is 13.5. The van der Waals surface area contributed by atoms with Crippen LogP contribution in [0.2, 0.25) is 0 Å². The highest BCUT2D eigenvalue weighted by Gasteiger charge is 2.26. The number of piperidine rings is 1. The van der Waals surface area contributed by atoms with Crippen LogP contribution in [0.15, 0.2) is 0 Å². The molecule has 0 bridgehead atoms. The van der Waals surface area contributed by atoms with Crippen molar-refractivity contribution >= 4 is 11.8 Å². The van der Waals surface area contributed by atoms with Gasteiger partial charge in [0.2, 0.25) is 0 Å². The molecule has 17 heavy (non-hydrogen) atoms. The summed E-state index contributed by atoms with van der Waals surface area (Å²) in [5.74, 6) is -0.779. The molecular formula is C11H17N3O3. The van der Waals surface area contributed by atoms with Crippen molar-refractivity contribution in [2.75, 3.05) is 33.4 Å². The molecule has 1 rings (SSSR count). The summed E-state index contributed by atoms with van der Waals surface area (Å²) >= 11 is 0. The van der Waals surface area contributed by atoms with Crippen LogP contribution in [0.1, 0.15) is 12.8 Å². The second kappa shape index (κ2) is 6.86. The monoisotopic (exact) mass is 239 g/mol. The fraction of sp³-hybridized carbons (Fsp3) is 0.727. The summed E-state index contributed by atoms with van der Waals surface area (Å²) in [4.78, 5) is 24.5. The first-order valence-corrected chi connectivity index (χ1v) is 5.62. The maximum absolute atomic E-state index is 11.6. The van der Waals surface area contributed by atoms with Gasteiger partial charge in [0.15, 0.2) is 0 Å². The minimum absolute atomic E-state index is 0.134. The lowest BCUT2D eigenvalue weighted by Crippen LogP contribution is -2.46. The Bertz CT molecular complexity index is 316. The second-order valence-corrected chi connectivity index (χ2v) is 4.03. The summed E-state index contributed by atoms with van der Waals surface area (Å²) in [6, 6.07) is 1.76. The third-order valence-corrected chi connectivity index (χ3v) is 2.83. The van der Waals surface area contributed by atoms with Crippen LogP contribution >= 0.6 is 0 Å². The Hall–Kier alpha value is -1.61. The van der Waals surface area contributed by atoms with Gasteiger partial charge in [-0.2, -0.15) is 5.26 Å². The van der Waals surface area contributed by atoms with E-state index < -0.39 is 11.8 Å². The summed E-state index contributed by atoms with van der Waals surface area (Å²) in [5.41, 5.74) is 0. The molecule has 1 heterocycles. The van der Waals surface area contributed by atoms with Crippen molar-refractivity contribution in [3.05, 3.63) is 0 Å². The van der Waals surface area contributed by atoms with Crippen molar-refractivity contribution in [3.63, 3.8) is 0 Å². The number of carbonyl (C=O) groups is 2. The first-order chi connectivity index (χ1) is 8.19. The lowest BCUT2D eigenvalue weighted by Gasteiger charge is -2.31. The number of nitriles is 1. The van der Waals surface area contributed by atoms with E-state index in [2.05, 4.69) is 5.32 Å². The molecule has 2 amide bonds. The molecular weight excluding hydrogens is 222 g/mol. The molecule has 0 unspecified atom stereocenters. The average molecular weight is 239 g/mol. The minimum Gasteiger partial charge on any atom is -0.384 e. The van der Waals surface area contributed by atoms with Gasteiger partial charge in [-0.15, -0.1) is 0 Å². The summed E-state index contributed by atoms with van der Waals surface area (Å²) in [5, 5.41) is 10.5. The molecule has 1 saturated heterocycles. The number of likely N-dealkylation sites (tertiary alicyclic amines) is 1. The van der Waals surface area contributed by atoms with Gasteiger partial charge in [0, 0.05) is 26.8 Å². The largest absolute Gasteiger partial charge is 0.384 e. The smallest absolute Gasteiger partial charge is 0.311 e. The van der Waals surface area contributed by atoms with Gasteiger partial charge in [0.05, 0.1) is 6.07 Å². The molecule has 94 valence electrons. The maximum atomic E-state index is 11.6. The number of nitrogens with one attached hydrogen (secondary N) is 1.